The van der Waals surface area contributed by atoms with Crippen LogP contribution in [0.25, 0.3) is 0 Å². The van der Waals surface area contributed by atoms with Crippen LogP contribution in [0, 0.1) is 6.92 Å². The highest BCUT2D eigenvalue weighted by Crippen LogP contribution is 2.20. The van der Waals surface area contributed by atoms with Crippen LogP contribution >= 0.6 is 11.8 Å². The van der Waals surface area contributed by atoms with Crippen molar-refractivity contribution in [3.63, 3.8) is 0 Å². The van der Waals surface area contributed by atoms with Gasteiger partial charge < -0.3 is 10.1 Å². The summed E-state index contributed by atoms with van der Waals surface area (Å²) in [6.45, 7) is 8.44. The fourth-order valence-corrected chi connectivity index (χ4v) is 2.95. The van der Waals surface area contributed by atoms with E-state index in [9.17, 15) is 4.79 Å². The van der Waals surface area contributed by atoms with Gasteiger partial charge in [-0.1, -0.05) is 31.5 Å². The van der Waals surface area contributed by atoms with Crippen LogP contribution in [-0.2, 0) is 9.53 Å². The zero-order chi connectivity index (χ0) is 15.0. The smallest absolute Gasteiger partial charge is 0.323 e. The van der Waals surface area contributed by atoms with Crippen LogP contribution in [0.1, 0.15) is 32.8 Å². The van der Waals surface area contributed by atoms with Gasteiger partial charge in [0, 0.05) is 16.7 Å². The number of carbonyl (C=O) groups is 1. The van der Waals surface area contributed by atoms with E-state index in [-0.39, 0.29) is 18.1 Å². The van der Waals surface area contributed by atoms with Gasteiger partial charge in [0.05, 0.1) is 6.61 Å². The zero-order valence-corrected chi connectivity index (χ0v) is 13.6. The molecule has 0 heterocycles. The normalized spacial score (nSPS) is 12.4. The van der Waals surface area contributed by atoms with Crippen molar-refractivity contribution in [3.8, 4) is 0 Å². The number of aryl methyl sites for hydroxylation is 1. The number of esters is 1. The molecule has 0 radical (unpaired) electrons. The minimum Gasteiger partial charge on any atom is -0.465 e. The van der Waals surface area contributed by atoms with Gasteiger partial charge in [0.25, 0.3) is 0 Å². The van der Waals surface area contributed by atoms with Crippen molar-refractivity contribution in [1.82, 2.24) is 5.32 Å². The third-order valence-corrected chi connectivity index (χ3v) is 3.80. The van der Waals surface area contributed by atoms with Crippen molar-refractivity contribution in [2.45, 2.75) is 51.1 Å². The summed E-state index contributed by atoms with van der Waals surface area (Å²) in [7, 11) is 0. The molecule has 0 bridgehead atoms. The lowest BCUT2D eigenvalue weighted by Gasteiger charge is -2.19. The van der Waals surface area contributed by atoms with Crippen molar-refractivity contribution < 1.29 is 9.53 Å². The van der Waals surface area contributed by atoms with Crippen molar-refractivity contribution >= 4 is 17.7 Å². The molecule has 1 rings (SSSR count). The molecule has 0 aliphatic carbocycles. The van der Waals surface area contributed by atoms with Gasteiger partial charge in [-0.05, 0) is 32.4 Å². The minimum absolute atomic E-state index is 0.147. The number of hydrogen-bond acceptors (Lipinski definition) is 4. The van der Waals surface area contributed by atoms with Crippen LogP contribution in [0.2, 0.25) is 0 Å². The summed E-state index contributed by atoms with van der Waals surface area (Å²) in [5.41, 5.74) is 1.26. The summed E-state index contributed by atoms with van der Waals surface area (Å²) < 4.78 is 5.12. The number of hydrogen-bond donors (Lipinski definition) is 1. The predicted octanol–water partition coefficient (Wildman–Crippen LogP) is 3.41. The molecule has 0 saturated carbocycles. The number of thioether (sulfide) groups is 1. The first-order valence-corrected chi connectivity index (χ1v) is 8.13. The molecule has 0 fully saturated rings. The van der Waals surface area contributed by atoms with Gasteiger partial charge >= 0.3 is 5.97 Å². The highest BCUT2D eigenvalue weighted by Gasteiger charge is 2.19. The molecule has 20 heavy (non-hydrogen) atoms. The standard InChI is InChI=1S/C16H25NO2S/c1-5-19-16(18)15(17-12(2)3)9-10-20-14-8-6-7-13(4)11-14/h6-8,11-12,15,17H,5,9-10H2,1-4H3. The summed E-state index contributed by atoms with van der Waals surface area (Å²) in [4.78, 5) is 13.1. The molecule has 1 atom stereocenters. The van der Waals surface area contributed by atoms with Gasteiger partial charge in [-0.15, -0.1) is 11.8 Å². The second-order valence-electron chi connectivity index (χ2n) is 5.08. The molecule has 3 nitrogen and oxygen atoms in total. The molecule has 0 aliphatic rings. The second kappa shape index (κ2) is 9.03. The van der Waals surface area contributed by atoms with Gasteiger partial charge in [-0.3, -0.25) is 4.79 Å². The van der Waals surface area contributed by atoms with Gasteiger partial charge in [0.2, 0.25) is 0 Å². The van der Waals surface area contributed by atoms with Gasteiger partial charge in [-0.25, -0.2) is 0 Å². The first-order chi connectivity index (χ1) is 9.52. The minimum atomic E-state index is -0.216. The van der Waals surface area contributed by atoms with E-state index in [0.29, 0.717) is 6.61 Å². The molecule has 1 aromatic rings. The van der Waals surface area contributed by atoms with Crippen molar-refractivity contribution in [1.29, 1.82) is 0 Å². The number of benzene rings is 1. The van der Waals surface area contributed by atoms with Gasteiger partial charge in [-0.2, -0.15) is 0 Å². The third kappa shape index (κ3) is 6.44. The number of rotatable bonds is 8. The predicted molar refractivity (Wildman–Crippen MR) is 85.2 cm³/mol. The van der Waals surface area contributed by atoms with Gasteiger partial charge in [0.15, 0.2) is 0 Å². The Morgan fingerprint density at radius 2 is 2.15 bits per heavy atom. The van der Waals surface area contributed by atoms with E-state index in [1.807, 2.05) is 20.8 Å². The van der Waals surface area contributed by atoms with Gasteiger partial charge in [0.1, 0.15) is 6.04 Å². The Bertz CT molecular complexity index is 421. The first-order valence-electron chi connectivity index (χ1n) is 7.15. The molecule has 1 unspecified atom stereocenters. The van der Waals surface area contributed by atoms with Crippen molar-refractivity contribution in [2.75, 3.05) is 12.4 Å². The Hall–Kier alpha value is -1.00. The Kier molecular flexibility index (Phi) is 7.70. The van der Waals surface area contributed by atoms with E-state index in [1.165, 1.54) is 10.5 Å². The average Bonchev–Trinajstić information content (AvgIpc) is 2.37. The number of ether oxygens (including phenoxy) is 1. The maximum Gasteiger partial charge on any atom is 0.323 e. The molecule has 1 N–H and O–H groups in total. The number of nitrogens with one attached hydrogen (secondary N) is 1. The Morgan fingerprint density at radius 1 is 1.40 bits per heavy atom. The first kappa shape index (κ1) is 17.1. The topological polar surface area (TPSA) is 38.3 Å². The van der Waals surface area contributed by atoms with Crippen molar-refractivity contribution in [3.05, 3.63) is 29.8 Å². The molecule has 0 amide bonds. The fourth-order valence-electron chi connectivity index (χ4n) is 1.91. The number of carbonyl (C=O) groups excluding carboxylic acids is 1. The maximum absolute atomic E-state index is 11.9. The van der Waals surface area contributed by atoms with E-state index in [4.69, 9.17) is 4.74 Å². The molecule has 0 aromatic heterocycles. The summed E-state index contributed by atoms with van der Waals surface area (Å²) >= 11 is 1.78. The Labute approximate surface area is 126 Å². The average molecular weight is 295 g/mol. The van der Waals surface area contributed by atoms with Crippen molar-refractivity contribution in [2.24, 2.45) is 0 Å². The quantitative estimate of drug-likeness (QED) is 0.589. The lowest BCUT2D eigenvalue weighted by molar-refractivity contribution is -0.145. The van der Waals surface area contributed by atoms with Crippen LogP contribution in [0.4, 0.5) is 0 Å². The Morgan fingerprint density at radius 3 is 2.75 bits per heavy atom. The van der Waals surface area contributed by atoms with Crippen LogP contribution in [0.5, 0.6) is 0 Å². The molecule has 4 heteroatoms. The van der Waals surface area contributed by atoms with E-state index < -0.39 is 0 Å². The lowest BCUT2D eigenvalue weighted by Crippen LogP contribution is -2.42. The van der Waals surface area contributed by atoms with E-state index in [1.54, 1.807) is 11.8 Å². The molecule has 0 spiro atoms. The lowest BCUT2D eigenvalue weighted by atomic mass is 10.2. The highest BCUT2D eigenvalue weighted by atomic mass is 32.2. The van der Waals surface area contributed by atoms with Crippen LogP contribution in [-0.4, -0.2) is 30.4 Å². The van der Waals surface area contributed by atoms with E-state index in [2.05, 4.69) is 36.5 Å². The van der Waals surface area contributed by atoms with Crippen LogP contribution in [0.3, 0.4) is 0 Å². The summed E-state index contributed by atoms with van der Waals surface area (Å²) in [6.07, 6.45) is 0.773. The summed E-state index contributed by atoms with van der Waals surface area (Å²) in [6, 6.07) is 8.48. The monoisotopic (exact) mass is 295 g/mol. The molecular formula is C16H25NO2S. The molecule has 0 saturated heterocycles. The maximum atomic E-state index is 11.9. The molecular weight excluding hydrogens is 270 g/mol. The van der Waals surface area contributed by atoms with Crippen LogP contribution < -0.4 is 5.32 Å². The third-order valence-electron chi connectivity index (χ3n) is 2.77. The summed E-state index contributed by atoms with van der Waals surface area (Å²) in [5.74, 6) is 0.748. The van der Waals surface area contributed by atoms with E-state index >= 15 is 0 Å². The molecule has 0 aliphatic heterocycles. The fraction of sp³-hybridized carbons (Fsp3) is 0.562. The summed E-state index contributed by atoms with van der Waals surface area (Å²) in [5, 5.41) is 3.27. The van der Waals surface area contributed by atoms with E-state index in [0.717, 1.165) is 12.2 Å². The second-order valence-corrected chi connectivity index (χ2v) is 6.25. The zero-order valence-electron chi connectivity index (χ0n) is 12.8. The largest absolute Gasteiger partial charge is 0.465 e. The van der Waals surface area contributed by atoms with Crippen LogP contribution in [0.15, 0.2) is 29.2 Å². The Balaban J connectivity index is 2.47. The SMILES string of the molecule is CCOC(=O)C(CCSc1cccc(C)c1)NC(C)C. The highest BCUT2D eigenvalue weighted by molar-refractivity contribution is 7.99. The molecule has 1 aromatic carbocycles. The molecule has 112 valence electrons.